The maximum absolute atomic E-state index is 5.90. The van der Waals surface area contributed by atoms with Crippen molar-refractivity contribution >= 4 is 0 Å². The summed E-state index contributed by atoms with van der Waals surface area (Å²) >= 11 is 0. The first-order chi connectivity index (χ1) is 5.12. The van der Waals surface area contributed by atoms with E-state index in [0.29, 0.717) is 6.04 Å². The Morgan fingerprint density at radius 3 is 2.64 bits per heavy atom. The zero-order chi connectivity index (χ0) is 8.32. The zero-order valence-electron chi connectivity index (χ0n) is 6.96. The van der Waals surface area contributed by atoms with Crippen LogP contribution in [-0.4, -0.2) is 11.8 Å². The normalized spacial score (nSPS) is 29.1. The molecule has 1 aliphatic rings. The molecule has 1 rings (SSSR count). The minimum absolute atomic E-state index is 0.364. The molecular formula is C8H15N3. The molecule has 0 radical (unpaired) electrons. The van der Waals surface area contributed by atoms with Crippen LogP contribution in [0.5, 0.6) is 0 Å². The third-order valence-electron chi connectivity index (χ3n) is 1.42. The molecule has 0 amide bonds. The van der Waals surface area contributed by atoms with Crippen molar-refractivity contribution in [3.05, 3.63) is 24.4 Å². The lowest BCUT2D eigenvalue weighted by atomic mass is 10.2. The molecule has 0 aromatic carbocycles. The predicted octanol–water partition coefficient (Wildman–Crippen LogP) is 0.270. The molecule has 0 aliphatic carbocycles. The van der Waals surface area contributed by atoms with Crippen molar-refractivity contribution in [1.29, 1.82) is 0 Å². The Morgan fingerprint density at radius 1 is 1.45 bits per heavy atom. The zero-order valence-corrected chi connectivity index (χ0v) is 6.96. The van der Waals surface area contributed by atoms with E-state index in [4.69, 9.17) is 5.73 Å². The first-order valence-electron chi connectivity index (χ1n) is 3.81. The van der Waals surface area contributed by atoms with Crippen LogP contribution in [0.25, 0.3) is 0 Å². The van der Waals surface area contributed by atoms with E-state index < -0.39 is 5.79 Å². The minimum atomic E-state index is -0.567. The molecule has 3 nitrogen and oxygen atoms in total. The van der Waals surface area contributed by atoms with Gasteiger partial charge in [-0.1, -0.05) is 6.08 Å². The van der Waals surface area contributed by atoms with Crippen LogP contribution in [0.1, 0.15) is 13.8 Å². The second-order valence-corrected chi connectivity index (χ2v) is 3.03. The fourth-order valence-corrected chi connectivity index (χ4v) is 1.06. The number of nitrogens with two attached hydrogens (primary N) is 1. The summed E-state index contributed by atoms with van der Waals surface area (Å²) < 4.78 is 0. The van der Waals surface area contributed by atoms with Gasteiger partial charge >= 0.3 is 0 Å². The molecule has 1 atom stereocenters. The van der Waals surface area contributed by atoms with Gasteiger partial charge in [-0.2, -0.15) is 0 Å². The number of nitrogens with one attached hydrogen (secondary N) is 2. The second kappa shape index (κ2) is 3.07. The molecule has 0 aromatic heterocycles. The van der Waals surface area contributed by atoms with Gasteiger partial charge in [-0.05, 0) is 32.2 Å². The molecule has 1 unspecified atom stereocenters. The summed E-state index contributed by atoms with van der Waals surface area (Å²) in [6.45, 7) is 4.12. The van der Waals surface area contributed by atoms with Gasteiger partial charge in [0.2, 0.25) is 0 Å². The maximum atomic E-state index is 5.90. The van der Waals surface area contributed by atoms with Gasteiger partial charge in [0.15, 0.2) is 5.79 Å². The van der Waals surface area contributed by atoms with Crippen LogP contribution in [0, 0.1) is 0 Å². The number of allylic oxidation sites excluding steroid dienone is 2. The highest BCUT2D eigenvalue weighted by Crippen LogP contribution is 2.00. The Balaban J connectivity index is 2.54. The van der Waals surface area contributed by atoms with Gasteiger partial charge in [0.05, 0.1) is 0 Å². The second-order valence-electron chi connectivity index (χ2n) is 3.03. The lowest BCUT2D eigenvalue weighted by Crippen LogP contribution is -2.63. The van der Waals surface area contributed by atoms with Crippen molar-refractivity contribution in [3.63, 3.8) is 0 Å². The smallest absolute Gasteiger partial charge is 0.161 e. The summed E-state index contributed by atoms with van der Waals surface area (Å²) in [6, 6.07) is 0.364. The highest BCUT2D eigenvalue weighted by molar-refractivity contribution is 5.16. The first-order valence-corrected chi connectivity index (χ1v) is 3.81. The molecule has 11 heavy (non-hydrogen) atoms. The van der Waals surface area contributed by atoms with E-state index in [9.17, 15) is 0 Å². The van der Waals surface area contributed by atoms with Crippen molar-refractivity contribution in [1.82, 2.24) is 10.6 Å². The van der Waals surface area contributed by atoms with Crippen LogP contribution in [0.3, 0.4) is 0 Å². The molecule has 4 N–H and O–H groups in total. The largest absolute Gasteiger partial charge is 0.358 e. The summed E-state index contributed by atoms with van der Waals surface area (Å²) in [5.74, 6) is -0.567. The monoisotopic (exact) mass is 153 g/mol. The Hall–Kier alpha value is -0.800. The Morgan fingerprint density at radius 2 is 2.18 bits per heavy atom. The van der Waals surface area contributed by atoms with E-state index in [-0.39, 0.29) is 0 Å². The molecule has 0 saturated carbocycles. The van der Waals surface area contributed by atoms with Crippen molar-refractivity contribution < 1.29 is 0 Å². The molecule has 1 aliphatic heterocycles. The van der Waals surface area contributed by atoms with Gasteiger partial charge in [-0.3, -0.25) is 11.1 Å². The maximum Gasteiger partial charge on any atom is 0.161 e. The van der Waals surface area contributed by atoms with E-state index in [1.165, 1.54) is 0 Å². The molecule has 0 spiro atoms. The highest BCUT2D eigenvalue weighted by Gasteiger charge is 2.20. The van der Waals surface area contributed by atoms with Crippen molar-refractivity contribution in [3.8, 4) is 0 Å². The molecule has 0 bridgehead atoms. The third kappa shape index (κ3) is 2.37. The fraction of sp³-hybridized carbons (Fsp3) is 0.500. The number of dihydropyridines is 1. The molecule has 62 valence electrons. The molecule has 0 fully saturated rings. The standard InChI is InChI=1S/C8H15N3/c1-7(2)11-8(9)5-3-4-6-10-8/h3-7,10-11H,9H2,1-2H3. The first kappa shape index (κ1) is 8.30. The van der Waals surface area contributed by atoms with Gasteiger partial charge in [-0.25, -0.2) is 0 Å². The SMILES string of the molecule is CC(C)NC1(N)C=CC=CN1. The number of rotatable bonds is 2. The number of hydrogen-bond donors (Lipinski definition) is 3. The average Bonchev–Trinajstić information content (AvgIpc) is 1.85. The minimum Gasteiger partial charge on any atom is -0.358 e. The third-order valence-corrected chi connectivity index (χ3v) is 1.42. The summed E-state index contributed by atoms with van der Waals surface area (Å²) in [4.78, 5) is 0. The number of hydrogen-bond acceptors (Lipinski definition) is 3. The quantitative estimate of drug-likeness (QED) is 0.499. The van der Waals surface area contributed by atoms with Crippen LogP contribution in [0.2, 0.25) is 0 Å². The van der Waals surface area contributed by atoms with Gasteiger partial charge in [0.25, 0.3) is 0 Å². The van der Waals surface area contributed by atoms with Crippen molar-refractivity contribution in [2.24, 2.45) is 5.73 Å². The summed E-state index contributed by atoms with van der Waals surface area (Å²) in [5.41, 5.74) is 5.90. The van der Waals surface area contributed by atoms with E-state index in [0.717, 1.165) is 0 Å². The van der Waals surface area contributed by atoms with Gasteiger partial charge in [-0.15, -0.1) is 0 Å². The summed E-state index contributed by atoms with van der Waals surface area (Å²) in [7, 11) is 0. The topological polar surface area (TPSA) is 50.1 Å². The van der Waals surface area contributed by atoms with E-state index in [2.05, 4.69) is 24.5 Å². The van der Waals surface area contributed by atoms with Gasteiger partial charge in [0.1, 0.15) is 0 Å². The molecule has 0 aromatic rings. The van der Waals surface area contributed by atoms with Crippen LogP contribution < -0.4 is 16.4 Å². The van der Waals surface area contributed by atoms with E-state index >= 15 is 0 Å². The fourth-order valence-electron chi connectivity index (χ4n) is 1.06. The van der Waals surface area contributed by atoms with Crippen molar-refractivity contribution in [2.75, 3.05) is 0 Å². The molecular weight excluding hydrogens is 138 g/mol. The lowest BCUT2D eigenvalue weighted by Gasteiger charge is -2.31. The molecule has 1 heterocycles. The molecule has 3 heteroatoms. The van der Waals surface area contributed by atoms with Crippen LogP contribution >= 0.6 is 0 Å². The van der Waals surface area contributed by atoms with Crippen LogP contribution in [-0.2, 0) is 0 Å². The van der Waals surface area contributed by atoms with Crippen LogP contribution in [0.4, 0.5) is 0 Å². The predicted molar refractivity (Wildman–Crippen MR) is 46.6 cm³/mol. The molecule has 0 saturated heterocycles. The Kier molecular flexibility index (Phi) is 2.31. The summed E-state index contributed by atoms with van der Waals surface area (Å²) in [5, 5.41) is 6.21. The Bertz CT molecular complexity index is 184. The van der Waals surface area contributed by atoms with Gasteiger partial charge < -0.3 is 5.32 Å². The Labute approximate surface area is 67.3 Å². The van der Waals surface area contributed by atoms with E-state index in [1.807, 2.05) is 24.4 Å². The van der Waals surface area contributed by atoms with Gasteiger partial charge in [0, 0.05) is 6.04 Å². The lowest BCUT2D eigenvalue weighted by molar-refractivity contribution is 0.339. The summed E-state index contributed by atoms with van der Waals surface area (Å²) in [6.07, 6.45) is 7.56. The average molecular weight is 153 g/mol. The van der Waals surface area contributed by atoms with E-state index in [1.54, 1.807) is 0 Å². The highest BCUT2D eigenvalue weighted by atomic mass is 15.3. The van der Waals surface area contributed by atoms with Crippen LogP contribution in [0.15, 0.2) is 24.4 Å². The van der Waals surface area contributed by atoms with Crippen molar-refractivity contribution in [2.45, 2.75) is 25.7 Å².